The lowest BCUT2D eigenvalue weighted by atomic mass is 10.2. The van der Waals surface area contributed by atoms with Crippen LogP contribution in [0.4, 0.5) is 0 Å². The Morgan fingerprint density at radius 1 is 0.889 bits per heavy atom. The lowest BCUT2D eigenvalue weighted by Gasteiger charge is -2.11. The maximum atomic E-state index is 5.79. The van der Waals surface area contributed by atoms with Gasteiger partial charge in [0.25, 0.3) is 0 Å². The van der Waals surface area contributed by atoms with Gasteiger partial charge in [0.15, 0.2) is 11.5 Å². The van der Waals surface area contributed by atoms with E-state index < -0.39 is 0 Å². The third-order valence-electron chi connectivity index (χ3n) is 2.46. The van der Waals surface area contributed by atoms with E-state index in [-0.39, 0.29) is 0 Å². The molecule has 0 aliphatic rings. The predicted octanol–water partition coefficient (Wildman–Crippen LogP) is 4.27. The van der Waals surface area contributed by atoms with Crippen LogP contribution in [0.3, 0.4) is 0 Å². The molecule has 0 radical (unpaired) electrons. The quantitative estimate of drug-likeness (QED) is 0.747. The molecule has 0 aliphatic heterocycles. The average molecular weight is 354 g/mol. The van der Waals surface area contributed by atoms with E-state index in [9.17, 15) is 0 Å². The van der Waals surface area contributed by atoms with Crippen molar-refractivity contribution >= 4 is 22.6 Å². The second-order valence-electron chi connectivity index (χ2n) is 3.79. The monoisotopic (exact) mass is 354 g/mol. The first-order valence-corrected chi connectivity index (χ1v) is 6.96. The summed E-state index contributed by atoms with van der Waals surface area (Å²) in [5.74, 6) is 1.59. The Bertz CT molecular complexity index is 494. The van der Waals surface area contributed by atoms with Crippen LogP contribution >= 0.6 is 22.6 Å². The van der Waals surface area contributed by atoms with Gasteiger partial charge in [0.1, 0.15) is 6.61 Å². The fraction of sp³-hybridized carbons (Fsp3) is 0.200. The van der Waals surface area contributed by atoms with Crippen LogP contribution in [-0.4, -0.2) is 6.61 Å². The fourth-order valence-electron chi connectivity index (χ4n) is 1.59. The maximum absolute atomic E-state index is 5.79. The molecular formula is C15H15IO2. The van der Waals surface area contributed by atoms with Crippen molar-refractivity contribution in [1.82, 2.24) is 0 Å². The number of hydrogen-bond donors (Lipinski definition) is 0. The van der Waals surface area contributed by atoms with Crippen LogP contribution in [0.2, 0.25) is 0 Å². The van der Waals surface area contributed by atoms with Crippen molar-refractivity contribution < 1.29 is 9.47 Å². The maximum Gasteiger partial charge on any atom is 0.161 e. The van der Waals surface area contributed by atoms with E-state index in [2.05, 4.69) is 46.9 Å². The van der Waals surface area contributed by atoms with Gasteiger partial charge in [-0.15, -0.1) is 0 Å². The number of rotatable bonds is 5. The number of para-hydroxylation sites is 2. The van der Waals surface area contributed by atoms with Crippen LogP contribution in [0.1, 0.15) is 12.5 Å². The van der Waals surface area contributed by atoms with Crippen molar-refractivity contribution in [3.8, 4) is 11.5 Å². The predicted molar refractivity (Wildman–Crippen MR) is 81.1 cm³/mol. The second kappa shape index (κ2) is 6.64. The average Bonchev–Trinajstić information content (AvgIpc) is 2.40. The SMILES string of the molecule is CCOc1ccccc1OCc1ccc(I)cc1. The molecule has 2 aromatic carbocycles. The highest BCUT2D eigenvalue weighted by atomic mass is 127. The Kier molecular flexibility index (Phi) is 4.87. The summed E-state index contributed by atoms with van der Waals surface area (Å²) in [6, 6.07) is 16.1. The van der Waals surface area contributed by atoms with E-state index in [1.165, 1.54) is 3.57 Å². The fourth-order valence-corrected chi connectivity index (χ4v) is 1.95. The van der Waals surface area contributed by atoms with Gasteiger partial charge in [-0.1, -0.05) is 24.3 Å². The largest absolute Gasteiger partial charge is 0.490 e. The minimum absolute atomic E-state index is 0.557. The van der Waals surface area contributed by atoms with Gasteiger partial charge < -0.3 is 9.47 Å². The van der Waals surface area contributed by atoms with Crippen LogP contribution in [-0.2, 0) is 6.61 Å². The topological polar surface area (TPSA) is 18.5 Å². The molecule has 0 fully saturated rings. The molecule has 94 valence electrons. The molecule has 0 amide bonds. The first kappa shape index (κ1) is 13.2. The zero-order valence-corrected chi connectivity index (χ0v) is 12.4. The number of halogens is 1. The first-order valence-electron chi connectivity index (χ1n) is 5.88. The Balaban J connectivity index is 2.03. The van der Waals surface area contributed by atoms with Crippen LogP contribution in [0.15, 0.2) is 48.5 Å². The van der Waals surface area contributed by atoms with Gasteiger partial charge in [0.05, 0.1) is 6.61 Å². The lowest BCUT2D eigenvalue weighted by molar-refractivity contribution is 0.269. The molecule has 0 spiro atoms. The minimum atomic E-state index is 0.557. The molecule has 0 aromatic heterocycles. The Hall–Kier alpha value is -1.23. The standard InChI is InChI=1S/C15H15IO2/c1-2-17-14-5-3-4-6-15(14)18-11-12-7-9-13(16)10-8-12/h3-10H,2,11H2,1H3. The van der Waals surface area contributed by atoms with Crippen molar-refractivity contribution in [2.24, 2.45) is 0 Å². The normalized spacial score (nSPS) is 10.1. The molecule has 0 saturated carbocycles. The van der Waals surface area contributed by atoms with E-state index in [1.807, 2.05) is 31.2 Å². The third kappa shape index (κ3) is 3.63. The van der Waals surface area contributed by atoms with Crippen molar-refractivity contribution in [2.45, 2.75) is 13.5 Å². The van der Waals surface area contributed by atoms with E-state index in [4.69, 9.17) is 9.47 Å². The summed E-state index contributed by atoms with van der Waals surface area (Å²) in [7, 11) is 0. The van der Waals surface area contributed by atoms with Gasteiger partial charge in [0, 0.05) is 3.57 Å². The molecule has 0 heterocycles. The molecule has 2 rings (SSSR count). The molecule has 0 bridgehead atoms. The van der Waals surface area contributed by atoms with Gasteiger partial charge in [-0.25, -0.2) is 0 Å². The van der Waals surface area contributed by atoms with Crippen LogP contribution in [0.5, 0.6) is 11.5 Å². The summed E-state index contributed by atoms with van der Waals surface area (Å²) in [5, 5.41) is 0. The minimum Gasteiger partial charge on any atom is -0.490 e. The van der Waals surface area contributed by atoms with E-state index in [0.717, 1.165) is 17.1 Å². The number of ether oxygens (including phenoxy) is 2. The molecule has 0 aliphatic carbocycles. The van der Waals surface area contributed by atoms with Gasteiger partial charge in [-0.2, -0.15) is 0 Å². The molecular weight excluding hydrogens is 339 g/mol. The van der Waals surface area contributed by atoms with Crippen molar-refractivity contribution in [3.05, 3.63) is 57.7 Å². The van der Waals surface area contributed by atoms with Crippen LogP contribution in [0, 0.1) is 3.57 Å². The van der Waals surface area contributed by atoms with Gasteiger partial charge >= 0.3 is 0 Å². The highest BCUT2D eigenvalue weighted by Gasteiger charge is 2.03. The highest BCUT2D eigenvalue weighted by Crippen LogP contribution is 2.27. The van der Waals surface area contributed by atoms with Crippen LogP contribution in [0.25, 0.3) is 0 Å². The van der Waals surface area contributed by atoms with Gasteiger partial charge in [-0.3, -0.25) is 0 Å². The van der Waals surface area contributed by atoms with E-state index in [0.29, 0.717) is 13.2 Å². The lowest BCUT2D eigenvalue weighted by Crippen LogP contribution is -1.99. The van der Waals surface area contributed by atoms with Gasteiger partial charge in [-0.05, 0) is 59.3 Å². The Labute approximate surface area is 121 Å². The first-order chi connectivity index (χ1) is 8.79. The number of hydrogen-bond acceptors (Lipinski definition) is 2. The Morgan fingerprint density at radius 2 is 1.50 bits per heavy atom. The summed E-state index contributed by atoms with van der Waals surface area (Å²) in [6.45, 7) is 3.17. The third-order valence-corrected chi connectivity index (χ3v) is 3.18. The van der Waals surface area contributed by atoms with E-state index in [1.54, 1.807) is 0 Å². The van der Waals surface area contributed by atoms with Crippen LogP contribution < -0.4 is 9.47 Å². The molecule has 3 heteroatoms. The van der Waals surface area contributed by atoms with E-state index >= 15 is 0 Å². The molecule has 0 atom stereocenters. The zero-order valence-electron chi connectivity index (χ0n) is 10.2. The van der Waals surface area contributed by atoms with Crippen molar-refractivity contribution in [3.63, 3.8) is 0 Å². The summed E-state index contributed by atoms with van der Waals surface area (Å²) in [4.78, 5) is 0. The zero-order chi connectivity index (χ0) is 12.8. The molecule has 2 nitrogen and oxygen atoms in total. The molecule has 0 N–H and O–H groups in total. The molecule has 0 unspecified atom stereocenters. The summed E-state index contributed by atoms with van der Waals surface area (Å²) in [6.07, 6.45) is 0. The molecule has 2 aromatic rings. The number of benzene rings is 2. The summed E-state index contributed by atoms with van der Waals surface area (Å²) in [5.41, 5.74) is 1.15. The summed E-state index contributed by atoms with van der Waals surface area (Å²) < 4.78 is 12.5. The Morgan fingerprint density at radius 3 is 2.11 bits per heavy atom. The van der Waals surface area contributed by atoms with Crippen molar-refractivity contribution in [2.75, 3.05) is 6.61 Å². The van der Waals surface area contributed by atoms with Crippen molar-refractivity contribution in [1.29, 1.82) is 0 Å². The smallest absolute Gasteiger partial charge is 0.161 e. The highest BCUT2D eigenvalue weighted by molar-refractivity contribution is 14.1. The summed E-state index contributed by atoms with van der Waals surface area (Å²) >= 11 is 2.29. The second-order valence-corrected chi connectivity index (χ2v) is 5.04. The molecule has 0 saturated heterocycles. The van der Waals surface area contributed by atoms with Gasteiger partial charge in [0.2, 0.25) is 0 Å². The molecule has 18 heavy (non-hydrogen) atoms.